The Morgan fingerprint density at radius 2 is 2.00 bits per heavy atom. The number of halogens is 1. The van der Waals surface area contributed by atoms with E-state index in [1.807, 2.05) is 18.2 Å². The molecule has 2 aliphatic rings. The Labute approximate surface area is 124 Å². The Bertz CT molecular complexity index is 498. The first kappa shape index (κ1) is 13.7. The van der Waals surface area contributed by atoms with Crippen LogP contribution in [0.1, 0.15) is 19.3 Å². The Morgan fingerprint density at radius 1 is 1.20 bits per heavy atom. The second-order valence-corrected chi connectivity index (χ2v) is 5.94. The molecule has 2 fully saturated rings. The van der Waals surface area contributed by atoms with Gasteiger partial charge in [0.2, 0.25) is 0 Å². The number of oxime groups is 1. The molecule has 1 aromatic carbocycles. The fourth-order valence-corrected chi connectivity index (χ4v) is 3.47. The molecule has 1 aliphatic heterocycles. The summed E-state index contributed by atoms with van der Waals surface area (Å²) in [6.07, 6.45) is 3.20. The molecule has 0 aromatic heterocycles. The fourth-order valence-electron chi connectivity index (χ4n) is 3.28. The van der Waals surface area contributed by atoms with Gasteiger partial charge < -0.3 is 10.1 Å². The zero-order valence-corrected chi connectivity index (χ0v) is 12.3. The highest BCUT2D eigenvalue weighted by Gasteiger charge is 2.31. The summed E-state index contributed by atoms with van der Waals surface area (Å²) < 4.78 is 0. The van der Waals surface area contributed by atoms with Crippen molar-refractivity contribution in [1.29, 1.82) is 0 Å². The predicted octanol–water partition coefficient (Wildman–Crippen LogP) is 2.84. The van der Waals surface area contributed by atoms with Crippen molar-refractivity contribution in [2.24, 2.45) is 5.16 Å². The minimum atomic E-state index is 0.349. The molecular weight excluding hydrogens is 274 g/mol. The van der Waals surface area contributed by atoms with E-state index in [9.17, 15) is 0 Å². The monoisotopic (exact) mass is 293 g/mol. The lowest BCUT2D eigenvalue weighted by molar-refractivity contribution is 0.221. The van der Waals surface area contributed by atoms with Gasteiger partial charge in [-0.05, 0) is 37.5 Å². The average Bonchev–Trinajstić information content (AvgIpc) is 2.96. The summed E-state index contributed by atoms with van der Waals surface area (Å²) in [5.74, 6) is 0. The van der Waals surface area contributed by atoms with Crippen LogP contribution in [0.3, 0.4) is 0 Å². The van der Waals surface area contributed by atoms with Crippen molar-refractivity contribution < 1.29 is 5.21 Å². The van der Waals surface area contributed by atoms with Gasteiger partial charge in [-0.3, -0.25) is 4.90 Å². The molecule has 5 heteroatoms. The van der Waals surface area contributed by atoms with Crippen LogP contribution in [-0.2, 0) is 0 Å². The van der Waals surface area contributed by atoms with E-state index < -0.39 is 0 Å². The quantitative estimate of drug-likeness (QED) is 0.673. The Morgan fingerprint density at radius 3 is 2.70 bits per heavy atom. The normalized spacial score (nSPS) is 26.4. The predicted molar refractivity (Wildman–Crippen MR) is 82.1 cm³/mol. The van der Waals surface area contributed by atoms with Gasteiger partial charge in [0.15, 0.2) is 0 Å². The summed E-state index contributed by atoms with van der Waals surface area (Å²) in [4.78, 5) is 4.82. The third-order valence-corrected chi connectivity index (χ3v) is 4.59. The number of benzene rings is 1. The van der Waals surface area contributed by atoms with E-state index in [4.69, 9.17) is 16.8 Å². The maximum Gasteiger partial charge on any atom is 0.0742 e. The van der Waals surface area contributed by atoms with Crippen molar-refractivity contribution in [3.05, 3.63) is 29.3 Å². The van der Waals surface area contributed by atoms with E-state index in [1.54, 1.807) is 0 Å². The molecule has 20 heavy (non-hydrogen) atoms. The number of rotatable bonds is 2. The molecule has 1 aliphatic carbocycles. The van der Waals surface area contributed by atoms with Crippen molar-refractivity contribution in [2.75, 3.05) is 31.1 Å². The fraction of sp³-hybridized carbons (Fsp3) is 0.533. The lowest BCUT2D eigenvalue weighted by atomic mass is 10.1. The van der Waals surface area contributed by atoms with E-state index in [0.717, 1.165) is 56.2 Å². The van der Waals surface area contributed by atoms with E-state index in [-0.39, 0.29) is 0 Å². The van der Waals surface area contributed by atoms with E-state index in [1.165, 1.54) is 5.69 Å². The molecular formula is C15H20ClN3O. The molecule has 0 amide bonds. The molecule has 1 saturated heterocycles. The third-order valence-electron chi connectivity index (χ3n) is 4.35. The number of anilines is 1. The van der Waals surface area contributed by atoms with Crippen molar-refractivity contribution in [3.63, 3.8) is 0 Å². The van der Waals surface area contributed by atoms with Crippen LogP contribution in [0.25, 0.3) is 0 Å². The van der Waals surface area contributed by atoms with Gasteiger partial charge in [-0.15, -0.1) is 0 Å². The van der Waals surface area contributed by atoms with Gasteiger partial charge >= 0.3 is 0 Å². The van der Waals surface area contributed by atoms with Crippen molar-refractivity contribution in [2.45, 2.75) is 25.3 Å². The molecule has 1 N–H and O–H groups in total. The van der Waals surface area contributed by atoms with Gasteiger partial charge in [0.1, 0.15) is 0 Å². The molecule has 1 aromatic rings. The number of nitrogens with zero attached hydrogens (tertiary/aromatic N) is 3. The van der Waals surface area contributed by atoms with E-state index in [2.05, 4.69) is 21.0 Å². The first-order valence-corrected chi connectivity index (χ1v) is 7.61. The maximum absolute atomic E-state index is 9.06. The highest BCUT2D eigenvalue weighted by Crippen LogP contribution is 2.25. The van der Waals surface area contributed by atoms with Gasteiger partial charge in [0, 0.05) is 36.9 Å². The van der Waals surface area contributed by atoms with Crippen LogP contribution in [0.5, 0.6) is 0 Å². The lowest BCUT2D eigenvalue weighted by Gasteiger charge is -2.39. The van der Waals surface area contributed by atoms with Crippen LogP contribution in [0, 0.1) is 0 Å². The maximum atomic E-state index is 9.06. The Balaban J connectivity index is 1.62. The first-order chi connectivity index (χ1) is 9.78. The largest absolute Gasteiger partial charge is 0.411 e. The number of hydrogen-bond acceptors (Lipinski definition) is 4. The Hall–Kier alpha value is -1.26. The van der Waals surface area contributed by atoms with E-state index in [0.29, 0.717) is 6.04 Å². The molecule has 1 atom stereocenters. The molecule has 0 bridgehead atoms. The molecule has 0 radical (unpaired) electrons. The van der Waals surface area contributed by atoms with Crippen LogP contribution < -0.4 is 4.90 Å². The van der Waals surface area contributed by atoms with Crippen LogP contribution in [-0.4, -0.2) is 48.0 Å². The van der Waals surface area contributed by atoms with Crippen molar-refractivity contribution >= 4 is 23.0 Å². The summed E-state index contributed by atoms with van der Waals surface area (Å²) in [5, 5.41) is 13.3. The number of hydrogen-bond donors (Lipinski definition) is 1. The molecule has 108 valence electrons. The van der Waals surface area contributed by atoms with Crippen LogP contribution in [0.2, 0.25) is 5.02 Å². The third kappa shape index (κ3) is 2.76. The van der Waals surface area contributed by atoms with Gasteiger partial charge in [-0.2, -0.15) is 0 Å². The van der Waals surface area contributed by atoms with Gasteiger partial charge in [0.05, 0.1) is 11.8 Å². The van der Waals surface area contributed by atoms with Crippen molar-refractivity contribution in [1.82, 2.24) is 4.90 Å². The molecule has 0 spiro atoms. The second-order valence-electron chi connectivity index (χ2n) is 5.50. The zero-order chi connectivity index (χ0) is 13.9. The number of piperazine rings is 1. The Kier molecular flexibility index (Phi) is 4.13. The minimum Gasteiger partial charge on any atom is -0.411 e. The van der Waals surface area contributed by atoms with Crippen LogP contribution in [0.15, 0.2) is 29.4 Å². The summed E-state index contributed by atoms with van der Waals surface area (Å²) in [6, 6.07) is 8.38. The summed E-state index contributed by atoms with van der Waals surface area (Å²) in [5.41, 5.74) is 2.15. The second kappa shape index (κ2) is 6.02. The first-order valence-electron chi connectivity index (χ1n) is 7.23. The molecule has 1 saturated carbocycles. The van der Waals surface area contributed by atoms with Crippen LogP contribution >= 0.6 is 11.6 Å². The molecule has 3 rings (SSSR count). The van der Waals surface area contributed by atoms with Gasteiger partial charge in [-0.25, -0.2) is 0 Å². The summed E-state index contributed by atoms with van der Waals surface area (Å²) >= 11 is 6.05. The topological polar surface area (TPSA) is 39.1 Å². The molecule has 1 heterocycles. The highest BCUT2D eigenvalue weighted by molar-refractivity contribution is 6.30. The van der Waals surface area contributed by atoms with Gasteiger partial charge in [-0.1, -0.05) is 22.8 Å². The smallest absolute Gasteiger partial charge is 0.0742 e. The standard InChI is InChI=1S/C15H20ClN3O/c16-12-3-1-4-13(11-12)18-7-9-19(10-8-18)15-6-2-5-14(15)17-20/h1,3-4,11,15,20H,2,5-10H2/b17-14+/t15-/m1/s1. The van der Waals surface area contributed by atoms with Gasteiger partial charge in [0.25, 0.3) is 0 Å². The van der Waals surface area contributed by atoms with Crippen LogP contribution in [0.4, 0.5) is 5.69 Å². The molecule has 4 nitrogen and oxygen atoms in total. The zero-order valence-electron chi connectivity index (χ0n) is 11.5. The molecule has 0 unspecified atom stereocenters. The van der Waals surface area contributed by atoms with Crippen molar-refractivity contribution in [3.8, 4) is 0 Å². The lowest BCUT2D eigenvalue weighted by Crippen LogP contribution is -2.51. The SMILES string of the molecule is O/N=C1\CCC[C@H]1N1CCN(c2cccc(Cl)c2)CC1. The highest BCUT2D eigenvalue weighted by atomic mass is 35.5. The van der Waals surface area contributed by atoms with E-state index >= 15 is 0 Å². The average molecular weight is 294 g/mol. The summed E-state index contributed by atoms with van der Waals surface area (Å²) in [7, 11) is 0. The summed E-state index contributed by atoms with van der Waals surface area (Å²) in [6.45, 7) is 4.01. The minimum absolute atomic E-state index is 0.349.